The molecule has 0 N–H and O–H groups in total. The van der Waals surface area contributed by atoms with Gasteiger partial charge in [0, 0.05) is 36.1 Å². The van der Waals surface area contributed by atoms with Gasteiger partial charge in [-0.3, -0.25) is 14.3 Å². The summed E-state index contributed by atoms with van der Waals surface area (Å²) in [7, 11) is 0. The molecule has 1 fully saturated rings. The van der Waals surface area contributed by atoms with Crippen molar-refractivity contribution >= 4 is 23.4 Å². The van der Waals surface area contributed by atoms with Crippen LogP contribution in [-0.2, 0) is 4.79 Å². The minimum absolute atomic E-state index is 0.0278. The van der Waals surface area contributed by atoms with Gasteiger partial charge in [-0.05, 0) is 36.6 Å². The predicted octanol–water partition coefficient (Wildman–Crippen LogP) is 5.80. The Morgan fingerprint density at radius 1 is 1.06 bits per heavy atom. The SMILES string of the molecule is CCCCCC1CN(CC(=O)N2CCC(c3ccccc3)C2)C(=O)c2cc(-c3ccc(Cl)cc3)nn21. The molecular formula is C29H33ClN4O2. The lowest BCUT2D eigenvalue weighted by atomic mass is 9.99. The number of fused-ring (bicyclic) bond motifs is 1. The molecule has 2 atom stereocenters. The number of rotatable bonds is 8. The number of hydrogen-bond acceptors (Lipinski definition) is 3. The second-order valence-electron chi connectivity index (χ2n) is 9.94. The zero-order chi connectivity index (χ0) is 25.1. The Balaban J connectivity index is 1.33. The molecule has 0 bridgehead atoms. The van der Waals surface area contributed by atoms with Crippen LogP contribution >= 0.6 is 11.6 Å². The molecule has 2 unspecified atom stereocenters. The molecule has 0 radical (unpaired) electrons. The Morgan fingerprint density at radius 3 is 2.58 bits per heavy atom. The van der Waals surface area contributed by atoms with E-state index in [4.69, 9.17) is 16.7 Å². The number of aromatic nitrogens is 2. The van der Waals surface area contributed by atoms with Crippen molar-refractivity contribution in [3.8, 4) is 11.3 Å². The maximum Gasteiger partial charge on any atom is 0.272 e. The highest BCUT2D eigenvalue weighted by Crippen LogP contribution is 2.31. The number of amides is 2. The van der Waals surface area contributed by atoms with Gasteiger partial charge < -0.3 is 9.80 Å². The lowest BCUT2D eigenvalue weighted by molar-refractivity contribution is -0.131. The van der Waals surface area contributed by atoms with Crippen LogP contribution in [0.4, 0.5) is 0 Å². The summed E-state index contributed by atoms with van der Waals surface area (Å²) < 4.78 is 1.89. The van der Waals surface area contributed by atoms with E-state index in [-0.39, 0.29) is 24.4 Å². The molecular weight excluding hydrogens is 472 g/mol. The van der Waals surface area contributed by atoms with Crippen molar-refractivity contribution in [3.63, 3.8) is 0 Å². The summed E-state index contributed by atoms with van der Waals surface area (Å²) in [5, 5.41) is 5.49. The maximum atomic E-state index is 13.5. The lowest BCUT2D eigenvalue weighted by Gasteiger charge is -2.34. The Kier molecular flexibility index (Phi) is 7.42. The average molecular weight is 505 g/mol. The number of unbranched alkanes of at least 4 members (excludes halogenated alkanes) is 2. The summed E-state index contributed by atoms with van der Waals surface area (Å²) in [5.74, 6) is 0.263. The molecule has 6 nitrogen and oxygen atoms in total. The van der Waals surface area contributed by atoms with Gasteiger partial charge in [0.2, 0.25) is 5.91 Å². The highest BCUT2D eigenvalue weighted by atomic mass is 35.5. The lowest BCUT2D eigenvalue weighted by Crippen LogP contribution is -2.48. The topological polar surface area (TPSA) is 58.4 Å². The first kappa shape index (κ1) is 24.6. The molecule has 0 spiro atoms. The standard InChI is InChI=1S/C29H33ClN4O2/c1-2-3-5-10-25-19-33(20-28(35)32-16-15-23(18-32)21-8-6-4-7-9-21)29(36)27-17-26(31-34(25)27)22-11-13-24(30)14-12-22/h4,6-9,11-14,17,23,25H,2-3,5,10,15-16,18-20H2,1H3. The number of hydrogen-bond donors (Lipinski definition) is 0. The highest BCUT2D eigenvalue weighted by molar-refractivity contribution is 6.30. The van der Waals surface area contributed by atoms with E-state index in [9.17, 15) is 9.59 Å². The van der Waals surface area contributed by atoms with Crippen LogP contribution in [0.15, 0.2) is 60.7 Å². The molecule has 3 heterocycles. The Bertz CT molecular complexity index is 1210. The van der Waals surface area contributed by atoms with Crippen molar-refractivity contribution in [1.29, 1.82) is 0 Å². The zero-order valence-electron chi connectivity index (χ0n) is 20.8. The van der Waals surface area contributed by atoms with E-state index in [0.717, 1.165) is 49.9 Å². The fourth-order valence-corrected chi connectivity index (χ4v) is 5.52. The van der Waals surface area contributed by atoms with Crippen LogP contribution in [-0.4, -0.2) is 57.6 Å². The van der Waals surface area contributed by atoms with Gasteiger partial charge in [-0.1, -0.05) is 80.3 Å². The first-order chi connectivity index (χ1) is 17.5. The van der Waals surface area contributed by atoms with Gasteiger partial charge in [0.05, 0.1) is 11.7 Å². The number of carbonyl (C=O) groups excluding carboxylic acids is 2. The van der Waals surface area contributed by atoms with Gasteiger partial charge in [0.25, 0.3) is 5.91 Å². The third-order valence-electron chi connectivity index (χ3n) is 7.44. The molecule has 188 valence electrons. The van der Waals surface area contributed by atoms with E-state index in [1.54, 1.807) is 4.90 Å². The van der Waals surface area contributed by atoms with E-state index in [1.807, 2.05) is 58.1 Å². The zero-order valence-corrected chi connectivity index (χ0v) is 21.5. The van der Waals surface area contributed by atoms with Crippen molar-refractivity contribution in [1.82, 2.24) is 19.6 Å². The summed E-state index contributed by atoms with van der Waals surface area (Å²) in [6.07, 6.45) is 5.23. The van der Waals surface area contributed by atoms with Gasteiger partial charge in [-0.15, -0.1) is 0 Å². The molecule has 3 aromatic rings. The normalized spacial score (nSPS) is 19.6. The van der Waals surface area contributed by atoms with Crippen LogP contribution in [0.5, 0.6) is 0 Å². The summed E-state index contributed by atoms with van der Waals surface area (Å²) in [5.41, 5.74) is 3.52. The molecule has 1 aromatic heterocycles. The number of nitrogens with zero attached hydrogens (tertiary/aromatic N) is 4. The van der Waals surface area contributed by atoms with Gasteiger partial charge in [0.15, 0.2) is 0 Å². The number of halogens is 1. The number of carbonyl (C=O) groups is 2. The summed E-state index contributed by atoms with van der Waals surface area (Å²) in [6.45, 7) is 4.26. The molecule has 1 saturated heterocycles. The van der Waals surface area contributed by atoms with Crippen LogP contribution in [0, 0.1) is 0 Å². The third kappa shape index (κ3) is 5.19. The van der Waals surface area contributed by atoms with Crippen LogP contribution in [0.1, 0.15) is 67.0 Å². The summed E-state index contributed by atoms with van der Waals surface area (Å²) >= 11 is 6.06. The second-order valence-corrected chi connectivity index (χ2v) is 10.4. The average Bonchev–Trinajstić information content (AvgIpc) is 3.56. The van der Waals surface area contributed by atoms with E-state index in [0.29, 0.717) is 29.7 Å². The number of likely N-dealkylation sites (tertiary alicyclic amines) is 1. The second kappa shape index (κ2) is 10.9. The maximum absolute atomic E-state index is 13.5. The molecule has 36 heavy (non-hydrogen) atoms. The first-order valence-electron chi connectivity index (χ1n) is 13.0. The van der Waals surface area contributed by atoms with Crippen LogP contribution in [0.2, 0.25) is 5.02 Å². The van der Waals surface area contributed by atoms with Crippen LogP contribution < -0.4 is 0 Å². The summed E-state index contributed by atoms with van der Waals surface area (Å²) in [6, 6.07) is 19.8. The molecule has 5 rings (SSSR count). The van der Waals surface area contributed by atoms with E-state index in [1.165, 1.54) is 5.56 Å². The smallest absolute Gasteiger partial charge is 0.272 e. The summed E-state index contributed by atoms with van der Waals surface area (Å²) in [4.78, 5) is 30.4. The third-order valence-corrected chi connectivity index (χ3v) is 7.69. The Morgan fingerprint density at radius 2 is 1.83 bits per heavy atom. The van der Waals surface area contributed by atoms with Crippen molar-refractivity contribution in [3.05, 3.63) is 76.9 Å². The Hall–Kier alpha value is -3.12. The quantitative estimate of drug-likeness (QED) is 0.364. The fraction of sp³-hybridized carbons (Fsp3) is 0.414. The van der Waals surface area contributed by atoms with E-state index in [2.05, 4.69) is 19.1 Å². The van der Waals surface area contributed by atoms with Gasteiger partial charge in [-0.2, -0.15) is 5.10 Å². The van der Waals surface area contributed by atoms with Crippen LogP contribution in [0.25, 0.3) is 11.3 Å². The van der Waals surface area contributed by atoms with Gasteiger partial charge in [-0.25, -0.2) is 0 Å². The van der Waals surface area contributed by atoms with Crippen molar-refractivity contribution in [2.24, 2.45) is 0 Å². The van der Waals surface area contributed by atoms with Crippen molar-refractivity contribution in [2.75, 3.05) is 26.2 Å². The molecule has 2 aliphatic rings. The minimum atomic E-state index is -0.124. The molecule has 2 aromatic carbocycles. The van der Waals surface area contributed by atoms with Crippen molar-refractivity contribution in [2.45, 2.75) is 51.0 Å². The minimum Gasteiger partial charge on any atom is -0.341 e. The molecule has 0 aliphatic carbocycles. The molecule has 0 saturated carbocycles. The fourth-order valence-electron chi connectivity index (χ4n) is 5.40. The van der Waals surface area contributed by atoms with E-state index < -0.39 is 0 Å². The molecule has 2 amide bonds. The van der Waals surface area contributed by atoms with Crippen molar-refractivity contribution < 1.29 is 9.59 Å². The predicted molar refractivity (Wildman–Crippen MR) is 142 cm³/mol. The largest absolute Gasteiger partial charge is 0.341 e. The number of benzene rings is 2. The van der Waals surface area contributed by atoms with E-state index >= 15 is 0 Å². The van der Waals surface area contributed by atoms with Gasteiger partial charge >= 0.3 is 0 Å². The first-order valence-corrected chi connectivity index (χ1v) is 13.4. The van der Waals surface area contributed by atoms with Gasteiger partial charge in [0.1, 0.15) is 12.2 Å². The monoisotopic (exact) mass is 504 g/mol. The van der Waals surface area contributed by atoms with Crippen LogP contribution in [0.3, 0.4) is 0 Å². The molecule has 2 aliphatic heterocycles. The Labute approximate surface area is 217 Å². The molecule has 7 heteroatoms. The highest BCUT2D eigenvalue weighted by Gasteiger charge is 2.36.